The predicted molar refractivity (Wildman–Crippen MR) is 91.5 cm³/mol. The van der Waals surface area contributed by atoms with E-state index in [9.17, 15) is 4.79 Å². The van der Waals surface area contributed by atoms with Crippen molar-refractivity contribution in [3.63, 3.8) is 0 Å². The summed E-state index contributed by atoms with van der Waals surface area (Å²) in [4.78, 5) is 12.9. The Morgan fingerprint density at radius 1 is 1.09 bits per heavy atom. The monoisotopic (exact) mass is 315 g/mol. The molecule has 0 fully saturated rings. The Kier molecular flexibility index (Phi) is 6.84. The molecule has 0 unspecified atom stereocenters. The fraction of sp³-hybridized carbons (Fsp3) is 0.278. The predicted octanol–water partition coefficient (Wildman–Crippen LogP) is 3.54. The van der Waals surface area contributed by atoms with E-state index in [0.29, 0.717) is 12.3 Å². The van der Waals surface area contributed by atoms with Crippen molar-refractivity contribution in [2.45, 2.75) is 17.7 Å². The molecule has 116 valence electrons. The number of rotatable bonds is 8. The Hall–Kier alpha value is -1.94. The van der Waals surface area contributed by atoms with Crippen LogP contribution in [0.3, 0.4) is 0 Å². The van der Waals surface area contributed by atoms with Gasteiger partial charge in [0, 0.05) is 11.4 Å². The number of hydrogen-bond acceptors (Lipinski definition) is 3. The molecule has 0 aromatic heterocycles. The lowest BCUT2D eigenvalue weighted by Crippen LogP contribution is -2.26. The van der Waals surface area contributed by atoms with Crippen LogP contribution in [0.25, 0.3) is 0 Å². The lowest BCUT2D eigenvalue weighted by Gasteiger charge is -2.06. The van der Waals surface area contributed by atoms with Crippen LogP contribution in [0.2, 0.25) is 0 Å². The van der Waals surface area contributed by atoms with E-state index in [1.54, 1.807) is 18.9 Å². The van der Waals surface area contributed by atoms with Crippen LogP contribution in [0, 0.1) is 0 Å². The van der Waals surface area contributed by atoms with Crippen molar-refractivity contribution in [3.8, 4) is 5.75 Å². The number of thioether (sulfide) groups is 1. The SMILES string of the molecule is COc1ccc(CCCNC(=O)CSc2ccccc2)cc1. The highest BCUT2D eigenvalue weighted by molar-refractivity contribution is 8.00. The standard InChI is InChI=1S/C18H21NO2S/c1-21-16-11-9-15(10-12-16)6-5-13-19-18(20)14-22-17-7-3-2-4-8-17/h2-4,7-12H,5-6,13-14H2,1H3,(H,19,20). The van der Waals surface area contributed by atoms with E-state index in [0.717, 1.165) is 23.5 Å². The van der Waals surface area contributed by atoms with Crippen LogP contribution < -0.4 is 10.1 Å². The third-order valence-corrected chi connectivity index (χ3v) is 4.25. The fourth-order valence-corrected chi connectivity index (χ4v) is 2.78. The summed E-state index contributed by atoms with van der Waals surface area (Å²) in [5.41, 5.74) is 1.26. The van der Waals surface area contributed by atoms with Crippen molar-refractivity contribution in [1.82, 2.24) is 5.32 Å². The van der Waals surface area contributed by atoms with Crippen molar-refractivity contribution in [2.75, 3.05) is 19.4 Å². The minimum atomic E-state index is 0.0867. The van der Waals surface area contributed by atoms with Gasteiger partial charge in [0.05, 0.1) is 12.9 Å². The summed E-state index contributed by atoms with van der Waals surface area (Å²) in [6, 6.07) is 18.0. The number of methoxy groups -OCH3 is 1. The Labute approximate surface area is 136 Å². The average molecular weight is 315 g/mol. The number of hydrogen-bond donors (Lipinski definition) is 1. The first-order chi connectivity index (χ1) is 10.8. The van der Waals surface area contributed by atoms with Crippen molar-refractivity contribution in [3.05, 3.63) is 60.2 Å². The molecule has 3 nitrogen and oxygen atoms in total. The zero-order chi connectivity index (χ0) is 15.6. The molecule has 2 rings (SSSR count). The molecule has 0 radical (unpaired) electrons. The summed E-state index contributed by atoms with van der Waals surface area (Å²) >= 11 is 1.56. The van der Waals surface area contributed by atoms with E-state index in [2.05, 4.69) is 17.4 Å². The van der Waals surface area contributed by atoms with Crippen LogP contribution in [0.5, 0.6) is 5.75 Å². The third kappa shape index (κ3) is 5.82. The minimum absolute atomic E-state index is 0.0867. The Balaban J connectivity index is 1.60. The molecule has 0 saturated heterocycles. The van der Waals surface area contributed by atoms with Crippen LogP contribution in [0.1, 0.15) is 12.0 Å². The zero-order valence-electron chi connectivity index (χ0n) is 12.7. The normalized spacial score (nSPS) is 10.2. The molecule has 2 aromatic rings. The maximum absolute atomic E-state index is 11.8. The van der Waals surface area contributed by atoms with Gasteiger partial charge in [-0.3, -0.25) is 4.79 Å². The molecule has 2 aromatic carbocycles. The number of carbonyl (C=O) groups excluding carboxylic acids is 1. The van der Waals surface area contributed by atoms with Crippen molar-refractivity contribution < 1.29 is 9.53 Å². The second kappa shape index (κ2) is 9.15. The van der Waals surface area contributed by atoms with Gasteiger partial charge in [-0.25, -0.2) is 0 Å². The van der Waals surface area contributed by atoms with Gasteiger partial charge in [-0.2, -0.15) is 0 Å². The highest BCUT2D eigenvalue weighted by atomic mass is 32.2. The van der Waals surface area contributed by atoms with Crippen LogP contribution in [0.15, 0.2) is 59.5 Å². The first-order valence-electron chi connectivity index (χ1n) is 7.35. The van der Waals surface area contributed by atoms with Gasteiger partial charge >= 0.3 is 0 Å². The van der Waals surface area contributed by atoms with Gasteiger partial charge in [0.15, 0.2) is 0 Å². The quantitative estimate of drug-likeness (QED) is 0.598. The molecule has 4 heteroatoms. The highest BCUT2D eigenvalue weighted by Gasteiger charge is 2.02. The van der Waals surface area contributed by atoms with Gasteiger partial charge < -0.3 is 10.1 Å². The number of benzene rings is 2. The van der Waals surface area contributed by atoms with E-state index in [4.69, 9.17) is 4.74 Å². The molecular weight excluding hydrogens is 294 g/mol. The number of aryl methyl sites for hydroxylation is 1. The van der Waals surface area contributed by atoms with Crippen LogP contribution >= 0.6 is 11.8 Å². The smallest absolute Gasteiger partial charge is 0.230 e. The summed E-state index contributed by atoms with van der Waals surface area (Å²) < 4.78 is 5.13. The number of nitrogens with one attached hydrogen (secondary N) is 1. The summed E-state index contributed by atoms with van der Waals surface area (Å²) in [7, 11) is 1.66. The van der Waals surface area contributed by atoms with E-state index < -0.39 is 0 Å². The van der Waals surface area contributed by atoms with E-state index in [1.165, 1.54) is 5.56 Å². The zero-order valence-corrected chi connectivity index (χ0v) is 13.6. The second-order valence-electron chi connectivity index (χ2n) is 4.90. The van der Waals surface area contributed by atoms with Crippen molar-refractivity contribution in [2.24, 2.45) is 0 Å². The third-order valence-electron chi connectivity index (χ3n) is 3.24. The summed E-state index contributed by atoms with van der Waals surface area (Å²) in [5.74, 6) is 1.42. The second-order valence-corrected chi connectivity index (χ2v) is 5.95. The molecule has 0 aliphatic heterocycles. The van der Waals surface area contributed by atoms with Gasteiger partial charge in [0.25, 0.3) is 0 Å². The summed E-state index contributed by atoms with van der Waals surface area (Å²) in [5, 5.41) is 2.96. The Bertz CT molecular complexity index is 569. The Morgan fingerprint density at radius 2 is 1.82 bits per heavy atom. The lowest BCUT2D eigenvalue weighted by molar-refractivity contribution is -0.118. The fourth-order valence-electron chi connectivity index (χ4n) is 2.03. The molecule has 0 saturated carbocycles. The first kappa shape index (κ1) is 16.4. The highest BCUT2D eigenvalue weighted by Crippen LogP contribution is 2.16. The molecule has 1 amide bonds. The van der Waals surface area contributed by atoms with Gasteiger partial charge in [-0.1, -0.05) is 30.3 Å². The van der Waals surface area contributed by atoms with Gasteiger partial charge in [-0.05, 0) is 42.7 Å². The van der Waals surface area contributed by atoms with Crippen LogP contribution in [-0.2, 0) is 11.2 Å². The number of amides is 1. The molecule has 0 aliphatic carbocycles. The topological polar surface area (TPSA) is 38.3 Å². The van der Waals surface area contributed by atoms with Crippen molar-refractivity contribution >= 4 is 17.7 Å². The molecule has 0 heterocycles. The number of ether oxygens (including phenoxy) is 1. The molecule has 0 aliphatic rings. The van der Waals surface area contributed by atoms with E-state index in [1.807, 2.05) is 42.5 Å². The van der Waals surface area contributed by atoms with Gasteiger partial charge in [-0.15, -0.1) is 11.8 Å². The molecular formula is C18H21NO2S. The summed E-state index contributed by atoms with van der Waals surface area (Å²) in [6.45, 7) is 0.709. The largest absolute Gasteiger partial charge is 0.497 e. The van der Waals surface area contributed by atoms with E-state index in [-0.39, 0.29) is 5.91 Å². The van der Waals surface area contributed by atoms with Crippen LogP contribution in [0.4, 0.5) is 0 Å². The molecule has 22 heavy (non-hydrogen) atoms. The molecule has 0 spiro atoms. The Morgan fingerprint density at radius 3 is 2.50 bits per heavy atom. The maximum Gasteiger partial charge on any atom is 0.230 e. The molecule has 0 bridgehead atoms. The first-order valence-corrected chi connectivity index (χ1v) is 8.34. The van der Waals surface area contributed by atoms with Gasteiger partial charge in [0.1, 0.15) is 5.75 Å². The molecule has 1 N–H and O–H groups in total. The minimum Gasteiger partial charge on any atom is -0.497 e. The molecule has 0 atom stereocenters. The maximum atomic E-state index is 11.8. The lowest BCUT2D eigenvalue weighted by atomic mass is 10.1. The number of carbonyl (C=O) groups is 1. The summed E-state index contributed by atoms with van der Waals surface area (Å²) in [6.07, 6.45) is 1.89. The van der Waals surface area contributed by atoms with E-state index >= 15 is 0 Å². The van der Waals surface area contributed by atoms with Gasteiger partial charge in [0.2, 0.25) is 5.91 Å². The van der Waals surface area contributed by atoms with Crippen LogP contribution in [-0.4, -0.2) is 25.3 Å². The van der Waals surface area contributed by atoms with Crippen molar-refractivity contribution in [1.29, 1.82) is 0 Å². The average Bonchev–Trinajstić information content (AvgIpc) is 2.58.